The van der Waals surface area contributed by atoms with Crippen molar-refractivity contribution in [2.24, 2.45) is 0 Å². The monoisotopic (exact) mass is 309 g/mol. The SMILES string of the molecule is CCC(SCc1ccco1)C(=O)Nc1cccc(Cl)c1. The van der Waals surface area contributed by atoms with E-state index in [1.807, 2.05) is 31.2 Å². The quantitative estimate of drug-likeness (QED) is 0.849. The van der Waals surface area contributed by atoms with Crippen molar-refractivity contribution < 1.29 is 9.21 Å². The second-order valence-electron chi connectivity index (χ2n) is 4.29. The number of nitrogens with one attached hydrogen (secondary N) is 1. The molecule has 0 fully saturated rings. The predicted octanol–water partition coefficient (Wildman–Crippen LogP) is 4.58. The fraction of sp³-hybridized carbons (Fsp3) is 0.267. The lowest BCUT2D eigenvalue weighted by Gasteiger charge is -2.14. The van der Waals surface area contributed by atoms with Crippen molar-refractivity contribution in [2.75, 3.05) is 5.32 Å². The average Bonchev–Trinajstić information content (AvgIpc) is 2.92. The molecule has 0 radical (unpaired) electrons. The van der Waals surface area contributed by atoms with Crippen molar-refractivity contribution in [3.63, 3.8) is 0 Å². The maximum atomic E-state index is 12.2. The van der Waals surface area contributed by atoms with Crippen molar-refractivity contribution in [3.8, 4) is 0 Å². The number of thioether (sulfide) groups is 1. The second-order valence-corrected chi connectivity index (χ2v) is 5.91. The van der Waals surface area contributed by atoms with E-state index in [9.17, 15) is 4.79 Å². The Morgan fingerprint density at radius 1 is 1.40 bits per heavy atom. The van der Waals surface area contributed by atoms with Gasteiger partial charge in [0, 0.05) is 10.7 Å². The summed E-state index contributed by atoms with van der Waals surface area (Å²) in [5, 5.41) is 3.39. The van der Waals surface area contributed by atoms with Crippen LogP contribution in [0.5, 0.6) is 0 Å². The van der Waals surface area contributed by atoms with Gasteiger partial charge in [-0.1, -0.05) is 24.6 Å². The van der Waals surface area contributed by atoms with Gasteiger partial charge in [-0.25, -0.2) is 0 Å². The number of rotatable bonds is 6. The number of hydrogen-bond acceptors (Lipinski definition) is 3. The minimum atomic E-state index is -0.112. The molecule has 20 heavy (non-hydrogen) atoms. The molecule has 106 valence electrons. The summed E-state index contributed by atoms with van der Waals surface area (Å²) in [5.41, 5.74) is 0.722. The molecule has 2 rings (SSSR count). The Balaban J connectivity index is 1.91. The summed E-state index contributed by atoms with van der Waals surface area (Å²) in [4.78, 5) is 12.2. The average molecular weight is 310 g/mol. The van der Waals surface area contributed by atoms with Gasteiger partial charge in [0.2, 0.25) is 5.91 Å². The van der Waals surface area contributed by atoms with Crippen LogP contribution < -0.4 is 5.32 Å². The molecule has 0 aliphatic carbocycles. The highest BCUT2D eigenvalue weighted by Gasteiger charge is 2.17. The molecule has 0 aliphatic heterocycles. The summed E-state index contributed by atoms with van der Waals surface area (Å²) in [6.45, 7) is 2.00. The fourth-order valence-corrected chi connectivity index (χ4v) is 2.91. The molecule has 0 saturated carbocycles. The van der Waals surface area contributed by atoms with Crippen molar-refractivity contribution >= 4 is 35.0 Å². The van der Waals surface area contributed by atoms with Crippen LogP contribution in [0.3, 0.4) is 0 Å². The number of carbonyl (C=O) groups is 1. The fourth-order valence-electron chi connectivity index (χ4n) is 1.75. The first-order chi connectivity index (χ1) is 9.69. The maximum absolute atomic E-state index is 12.2. The number of carbonyl (C=O) groups excluding carboxylic acids is 1. The second kappa shape index (κ2) is 7.41. The van der Waals surface area contributed by atoms with Gasteiger partial charge in [-0.05, 0) is 36.8 Å². The zero-order valence-corrected chi connectivity index (χ0v) is 12.7. The van der Waals surface area contributed by atoms with Gasteiger partial charge in [-0.2, -0.15) is 0 Å². The highest BCUT2D eigenvalue weighted by Crippen LogP contribution is 2.23. The van der Waals surface area contributed by atoms with E-state index in [1.165, 1.54) is 0 Å². The third-order valence-corrected chi connectivity index (χ3v) is 4.40. The Bertz CT molecular complexity index is 557. The summed E-state index contributed by atoms with van der Waals surface area (Å²) < 4.78 is 5.27. The summed E-state index contributed by atoms with van der Waals surface area (Å²) in [5.74, 6) is 1.56. The van der Waals surface area contributed by atoms with E-state index in [-0.39, 0.29) is 11.2 Å². The molecule has 0 saturated heterocycles. The Labute approximate surface area is 127 Å². The highest BCUT2D eigenvalue weighted by molar-refractivity contribution is 7.99. The lowest BCUT2D eigenvalue weighted by atomic mass is 10.3. The largest absolute Gasteiger partial charge is 0.468 e. The van der Waals surface area contributed by atoms with Gasteiger partial charge in [-0.3, -0.25) is 4.79 Å². The summed E-state index contributed by atoms with van der Waals surface area (Å²) in [6, 6.07) is 10.9. The first-order valence-electron chi connectivity index (χ1n) is 6.39. The Morgan fingerprint density at radius 3 is 2.90 bits per heavy atom. The van der Waals surface area contributed by atoms with Crippen LogP contribution in [0.1, 0.15) is 19.1 Å². The van der Waals surface area contributed by atoms with Crippen LogP contribution >= 0.6 is 23.4 Å². The molecule has 5 heteroatoms. The molecule has 1 aromatic heterocycles. The van der Waals surface area contributed by atoms with Gasteiger partial charge >= 0.3 is 0 Å². The molecular weight excluding hydrogens is 294 g/mol. The molecule has 1 amide bonds. The number of hydrogen-bond donors (Lipinski definition) is 1. The minimum Gasteiger partial charge on any atom is -0.468 e. The van der Waals surface area contributed by atoms with Gasteiger partial charge in [-0.15, -0.1) is 11.8 Å². The van der Waals surface area contributed by atoms with Crippen LogP contribution in [0, 0.1) is 0 Å². The molecule has 0 aliphatic rings. The van der Waals surface area contributed by atoms with Gasteiger partial charge in [0.25, 0.3) is 0 Å². The van der Waals surface area contributed by atoms with Crippen molar-refractivity contribution in [2.45, 2.75) is 24.3 Å². The van der Waals surface area contributed by atoms with E-state index in [4.69, 9.17) is 16.0 Å². The molecule has 1 atom stereocenters. The third-order valence-electron chi connectivity index (χ3n) is 2.76. The Kier molecular flexibility index (Phi) is 5.56. The van der Waals surface area contributed by atoms with E-state index < -0.39 is 0 Å². The number of anilines is 1. The summed E-state index contributed by atoms with van der Waals surface area (Å²) in [6.07, 6.45) is 2.40. The van der Waals surface area contributed by atoms with Gasteiger partial charge < -0.3 is 9.73 Å². The minimum absolute atomic E-state index is 0.00803. The predicted molar refractivity (Wildman–Crippen MR) is 84.2 cm³/mol. The summed E-state index contributed by atoms with van der Waals surface area (Å²) in [7, 11) is 0. The van der Waals surface area contributed by atoms with Crippen LogP contribution in [0.2, 0.25) is 5.02 Å². The maximum Gasteiger partial charge on any atom is 0.237 e. The first kappa shape index (κ1) is 15.0. The number of halogens is 1. The van der Waals surface area contributed by atoms with Gasteiger partial charge in [0.1, 0.15) is 5.76 Å². The molecular formula is C15H16ClNO2S. The third kappa shape index (κ3) is 4.32. The normalized spacial score (nSPS) is 12.1. The van der Waals surface area contributed by atoms with Crippen LogP contribution in [-0.2, 0) is 10.5 Å². The number of amides is 1. The molecule has 3 nitrogen and oxygen atoms in total. The van der Waals surface area contributed by atoms with Crippen molar-refractivity contribution in [3.05, 3.63) is 53.4 Å². The molecule has 1 N–H and O–H groups in total. The molecule has 0 bridgehead atoms. The van der Waals surface area contributed by atoms with E-state index in [1.54, 1.807) is 30.2 Å². The number of furan rings is 1. The van der Waals surface area contributed by atoms with E-state index in [2.05, 4.69) is 5.32 Å². The van der Waals surface area contributed by atoms with Gasteiger partial charge in [0.05, 0.1) is 17.3 Å². The van der Waals surface area contributed by atoms with E-state index >= 15 is 0 Å². The molecule has 1 heterocycles. The number of benzene rings is 1. The molecule has 1 unspecified atom stereocenters. The Morgan fingerprint density at radius 2 is 2.25 bits per heavy atom. The standard InChI is InChI=1S/C15H16ClNO2S/c1-2-14(20-10-13-7-4-8-19-13)15(18)17-12-6-3-5-11(16)9-12/h3-9,14H,2,10H2,1H3,(H,17,18). The zero-order valence-electron chi connectivity index (χ0n) is 11.1. The van der Waals surface area contributed by atoms with Crippen LogP contribution in [0.15, 0.2) is 47.1 Å². The first-order valence-corrected chi connectivity index (χ1v) is 7.82. The topological polar surface area (TPSA) is 42.2 Å². The van der Waals surface area contributed by atoms with Crippen molar-refractivity contribution in [1.82, 2.24) is 0 Å². The van der Waals surface area contributed by atoms with Crippen LogP contribution in [0.25, 0.3) is 0 Å². The highest BCUT2D eigenvalue weighted by atomic mass is 35.5. The molecule has 0 spiro atoms. The van der Waals surface area contributed by atoms with E-state index in [0.29, 0.717) is 10.8 Å². The van der Waals surface area contributed by atoms with Gasteiger partial charge in [0.15, 0.2) is 0 Å². The van der Waals surface area contributed by atoms with Crippen LogP contribution in [0.4, 0.5) is 5.69 Å². The lowest BCUT2D eigenvalue weighted by Crippen LogP contribution is -2.24. The van der Waals surface area contributed by atoms with Crippen LogP contribution in [-0.4, -0.2) is 11.2 Å². The van der Waals surface area contributed by atoms with E-state index in [0.717, 1.165) is 17.9 Å². The molecule has 2 aromatic rings. The lowest BCUT2D eigenvalue weighted by molar-refractivity contribution is -0.115. The Hall–Kier alpha value is -1.39. The smallest absolute Gasteiger partial charge is 0.237 e. The van der Waals surface area contributed by atoms with Crippen molar-refractivity contribution in [1.29, 1.82) is 0 Å². The zero-order chi connectivity index (χ0) is 14.4. The molecule has 1 aromatic carbocycles. The summed E-state index contributed by atoms with van der Waals surface area (Å²) >= 11 is 7.47.